The summed E-state index contributed by atoms with van der Waals surface area (Å²) in [5, 5.41) is 1.26. The Morgan fingerprint density at radius 2 is 1.96 bits per heavy atom. The van der Waals surface area contributed by atoms with E-state index < -0.39 is 5.63 Å². The molecule has 1 aliphatic rings. The average molecular weight is 385 g/mol. The molecule has 2 aromatic heterocycles. The molecule has 0 spiro atoms. The van der Waals surface area contributed by atoms with Crippen LogP contribution in [0.3, 0.4) is 0 Å². The van der Waals surface area contributed by atoms with Gasteiger partial charge in [-0.1, -0.05) is 12.1 Å². The van der Waals surface area contributed by atoms with Crippen LogP contribution in [0.2, 0.25) is 0 Å². The molecule has 3 heterocycles. The van der Waals surface area contributed by atoms with Gasteiger partial charge in [0.05, 0.1) is 27.5 Å². The molecule has 7 heteroatoms. The normalized spacial score (nSPS) is 15.4. The van der Waals surface area contributed by atoms with Crippen molar-refractivity contribution >= 4 is 44.3 Å². The van der Waals surface area contributed by atoms with Gasteiger partial charge in [-0.2, -0.15) is 0 Å². The van der Waals surface area contributed by atoms with Crippen molar-refractivity contribution in [2.45, 2.75) is 19.8 Å². The van der Waals surface area contributed by atoms with Crippen LogP contribution in [0.1, 0.15) is 29.4 Å². The first-order valence-corrected chi connectivity index (χ1v) is 9.81. The molecule has 0 radical (unpaired) electrons. The predicted octanol–water partition coefficient (Wildman–Crippen LogP) is 3.42. The number of nitrogens with zero attached hydrogens (tertiary/aromatic N) is 1. The minimum absolute atomic E-state index is 0.109. The van der Waals surface area contributed by atoms with Crippen molar-refractivity contribution in [1.29, 1.82) is 0 Å². The molecule has 0 unspecified atom stereocenters. The van der Waals surface area contributed by atoms with Gasteiger partial charge in [0.25, 0.3) is 5.91 Å². The molecule has 140 valence electrons. The minimum Gasteiger partial charge on any atom is -0.466 e. The third-order valence-corrected chi connectivity index (χ3v) is 6.06. The second kappa shape index (κ2) is 7.15. The third kappa shape index (κ3) is 3.23. The molecule has 0 saturated carbocycles. The number of amides is 1. The first-order chi connectivity index (χ1) is 13.1. The number of para-hydroxylation sites is 1. The van der Waals surface area contributed by atoms with Gasteiger partial charge >= 0.3 is 11.6 Å². The van der Waals surface area contributed by atoms with Crippen LogP contribution in [0.5, 0.6) is 0 Å². The van der Waals surface area contributed by atoms with Gasteiger partial charge in [0.2, 0.25) is 0 Å². The highest BCUT2D eigenvalue weighted by atomic mass is 32.1. The smallest absolute Gasteiger partial charge is 0.345 e. The molecule has 1 amide bonds. The van der Waals surface area contributed by atoms with Gasteiger partial charge < -0.3 is 14.1 Å². The van der Waals surface area contributed by atoms with Gasteiger partial charge in [0, 0.05) is 18.5 Å². The minimum atomic E-state index is -0.431. The lowest BCUT2D eigenvalue weighted by Crippen LogP contribution is -2.40. The van der Waals surface area contributed by atoms with Crippen molar-refractivity contribution in [3.63, 3.8) is 0 Å². The molecule has 0 N–H and O–H groups in total. The molecule has 0 bridgehead atoms. The van der Waals surface area contributed by atoms with Crippen molar-refractivity contribution in [3.05, 3.63) is 45.6 Å². The first-order valence-electron chi connectivity index (χ1n) is 8.99. The quantitative estimate of drug-likeness (QED) is 0.510. The lowest BCUT2D eigenvalue weighted by molar-refractivity contribution is -0.149. The molecule has 1 saturated heterocycles. The van der Waals surface area contributed by atoms with E-state index in [2.05, 4.69) is 0 Å². The molecule has 27 heavy (non-hydrogen) atoms. The molecular formula is C20H19NO5S. The molecule has 0 atom stereocenters. The van der Waals surface area contributed by atoms with Crippen molar-refractivity contribution in [2.75, 3.05) is 19.7 Å². The fraction of sp³-hybridized carbons (Fsp3) is 0.350. The summed E-state index contributed by atoms with van der Waals surface area (Å²) in [5.74, 6) is -0.440. The van der Waals surface area contributed by atoms with Crippen molar-refractivity contribution in [3.8, 4) is 0 Å². The van der Waals surface area contributed by atoms with Crippen LogP contribution in [-0.2, 0) is 9.53 Å². The average Bonchev–Trinajstić information content (AvgIpc) is 3.14. The Hall–Kier alpha value is -2.67. The van der Waals surface area contributed by atoms with E-state index in [1.54, 1.807) is 24.0 Å². The number of ether oxygens (including phenoxy) is 1. The van der Waals surface area contributed by atoms with E-state index in [9.17, 15) is 14.4 Å². The SMILES string of the molecule is CCOC(=O)C1CCN(C(=O)c2cc3c(=O)oc4ccccc4c3s2)CC1. The molecule has 1 aliphatic heterocycles. The Kier molecular flexibility index (Phi) is 4.70. The zero-order chi connectivity index (χ0) is 19.0. The van der Waals surface area contributed by atoms with Crippen LogP contribution >= 0.6 is 11.3 Å². The highest BCUT2D eigenvalue weighted by Crippen LogP contribution is 2.31. The van der Waals surface area contributed by atoms with Gasteiger partial charge in [0.15, 0.2) is 0 Å². The summed E-state index contributed by atoms with van der Waals surface area (Å²) in [7, 11) is 0. The zero-order valence-electron chi connectivity index (χ0n) is 14.9. The molecule has 0 aliphatic carbocycles. The zero-order valence-corrected chi connectivity index (χ0v) is 15.7. The van der Waals surface area contributed by atoms with Gasteiger partial charge in [-0.25, -0.2) is 4.79 Å². The third-order valence-electron chi connectivity index (χ3n) is 4.90. The topological polar surface area (TPSA) is 76.8 Å². The Bertz CT molecular complexity index is 1070. The van der Waals surface area contributed by atoms with Crippen LogP contribution in [0.4, 0.5) is 0 Å². The van der Waals surface area contributed by atoms with Crippen LogP contribution in [0.25, 0.3) is 21.1 Å². The monoisotopic (exact) mass is 385 g/mol. The number of likely N-dealkylation sites (tertiary alicyclic amines) is 1. The number of hydrogen-bond acceptors (Lipinski definition) is 6. The van der Waals surface area contributed by atoms with Crippen molar-refractivity contribution in [1.82, 2.24) is 4.90 Å². The van der Waals surface area contributed by atoms with E-state index in [0.29, 0.717) is 48.4 Å². The van der Waals surface area contributed by atoms with E-state index in [1.165, 1.54) is 11.3 Å². The van der Waals surface area contributed by atoms with Gasteiger partial charge in [-0.15, -0.1) is 11.3 Å². The largest absolute Gasteiger partial charge is 0.466 e. The summed E-state index contributed by atoms with van der Waals surface area (Å²) < 4.78 is 11.2. The number of hydrogen-bond donors (Lipinski definition) is 0. The van der Waals surface area contributed by atoms with E-state index >= 15 is 0 Å². The fourth-order valence-corrected chi connectivity index (χ4v) is 4.62. The van der Waals surface area contributed by atoms with Gasteiger partial charge in [-0.05, 0) is 38.0 Å². The second-order valence-corrected chi connectivity index (χ2v) is 7.61. The maximum Gasteiger partial charge on any atom is 0.345 e. The molecule has 1 aromatic carbocycles. The maximum atomic E-state index is 12.9. The van der Waals surface area contributed by atoms with E-state index in [1.807, 2.05) is 18.2 Å². The van der Waals surface area contributed by atoms with Crippen molar-refractivity contribution < 1.29 is 18.7 Å². The van der Waals surface area contributed by atoms with E-state index in [0.717, 1.165) is 10.1 Å². The fourth-order valence-electron chi connectivity index (χ4n) is 3.48. The standard InChI is InChI=1S/C20H19NO5S/c1-2-25-19(23)12-7-9-21(10-8-12)18(22)16-11-14-17(27-16)13-5-3-4-6-15(13)26-20(14)24/h3-6,11-12H,2,7-10H2,1H3. The predicted molar refractivity (Wildman–Crippen MR) is 103 cm³/mol. The number of carbonyl (C=O) groups excluding carboxylic acids is 2. The van der Waals surface area contributed by atoms with E-state index in [-0.39, 0.29) is 17.8 Å². The number of fused-ring (bicyclic) bond motifs is 3. The number of piperidine rings is 1. The highest BCUT2D eigenvalue weighted by molar-refractivity contribution is 7.21. The van der Waals surface area contributed by atoms with Crippen LogP contribution in [-0.4, -0.2) is 36.5 Å². The number of thiophene rings is 1. The summed E-state index contributed by atoms with van der Waals surface area (Å²) in [4.78, 5) is 39.3. The second-order valence-electron chi connectivity index (χ2n) is 6.56. The Balaban J connectivity index is 1.59. The molecular weight excluding hydrogens is 366 g/mol. The van der Waals surface area contributed by atoms with Crippen LogP contribution in [0, 0.1) is 5.92 Å². The van der Waals surface area contributed by atoms with Crippen LogP contribution < -0.4 is 5.63 Å². The lowest BCUT2D eigenvalue weighted by atomic mass is 9.97. The number of carbonyl (C=O) groups is 2. The molecule has 3 aromatic rings. The number of esters is 1. The molecule has 6 nitrogen and oxygen atoms in total. The van der Waals surface area contributed by atoms with E-state index in [4.69, 9.17) is 9.15 Å². The molecule has 4 rings (SSSR count). The molecule has 1 fully saturated rings. The summed E-state index contributed by atoms with van der Waals surface area (Å²) in [6, 6.07) is 8.94. The lowest BCUT2D eigenvalue weighted by Gasteiger charge is -2.30. The summed E-state index contributed by atoms with van der Waals surface area (Å²) >= 11 is 1.32. The highest BCUT2D eigenvalue weighted by Gasteiger charge is 2.29. The van der Waals surface area contributed by atoms with Crippen LogP contribution in [0.15, 0.2) is 39.5 Å². The van der Waals surface area contributed by atoms with Gasteiger partial charge in [-0.3, -0.25) is 9.59 Å². The number of benzene rings is 1. The summed E-state index contributed by atoms with van der Waals surface area (Å²) in [6.45, 7) is 3.17. The summed E-state index contributed by atoms with van der Waals surface area (Å²) in [5.41, 5.74) is 0.0890. The summed E-state index contributed by atoms with van der Waals surface area (Å²) in [6.07, 6.45) is 1.20. The Morgan fingerprint density at radius 3 is 2.70 bits per heavy atom. The van der Waals surface area contributed by atoms with Gasteiger partial charge in [0.1, 0.15) is 5.58 Å². The maximum absolute atomic E-state index is 12.9. The van der Waals surface area contributed by atoms with Crippen molar-refractivity contribution in [2.24, 2.45) is 5.92 Å². The first kappa shape index (κ1) is 17.7. The number of rotatable bonds is 3. The Morgan fingerprint density at radius 1 is 1.22 bits per heavy atom. The Labute approximate surface area is 159 Å².